The van der Waals surface area contributed by atoms with E-state index in [2.05, 4.69) is 42.1 Å². The summed E-state index contributed by atoms with van der Waals surface area (Å²) in [7, 11) is 0. The fourth-order valence-corrected chi connectivity index (χ4v) is 1.43. The standard InChI is InChI=1S/C11H17N3/c1-11(2,3)14-10-6-9(8-4-5-8)12-7-13-10/h6-8H,4-5H2,1-3H3,(H,12,13,14). The zero-order valence-electron chi connectivity index (χ0n) is 9.04. The molecular weight excluding hydrogens is 174 g/mol. The molecule has 0 atom stereocenters. The Balaban J connectivity index is 2.13. The maximum Gasteiger partial charge on any atom is 0.130 e. The topological polar surface area (TPSA) is 37.8 Å². The summed E-state index contributed by atoms with van der Waals surface area (Å²) in [6.07, 6.45) is 4.22. The van der Waals surface area contributed by atoms with Crippen molar-refractivity contribution in [1.29, 1.82) is 0 Å². The second-order valence-corrected chi connectivity index (χ2v) is 4.98. The molecule has 0 bridgehead atoms. The second-order valence-electron chi connectivity index (χ2n) is 4.98. The van der Waals surface area contributed by atoms with Crippen LogP contribution in [0, 0.1) is 0 Å². The Morgan fingerprint density at radius 2 is 2.00 bits per heavy atom. The van der Waals surface area contributed by atoms with Crippen molar-refractivity contribution in [1.82, 2.24) is 9.97 Å². The average Bonchev–Trinajstić information content (AvgIpc) is 2.83. The van der Waals surface area contributed by atoms with Gasteiger partial charge in [-0.25, -0.2) is 9.97 Å². The molecule has 76 valence electrons. The van der Waals surface area contributed by atoms with Crippen molar-refractivity contribution < 1.29 is 0 Å². The normalized spacial score (nSPS) is 16.8. The molecule has 3 heteroatoms. The van der Waals surface area contributed by atoms with Crippen molar-refractivity contribution in [2.24, 2.45) is 0 Å². The summed E-state index contributed by atoms with van der Waals surface area (Å²) in [5.74, 6) is 1.63. The van der Waals surface area contributed by atoms with Crippen LogP contribution >= 0.6 is 0 Å². The number of nitrogens with one attached hydrogen (secondary N) is 1. The lowest BCUT2D eigenvalue weighted by atomic mass is 10.1. The van der Waals surface area contributed by atoms with Crippen LogP contribution in [-0.4, -0.2) is 15.5 Å². The van der Waals surface area contributed by atoms with Crippen LogP contribution in [0.1, 0.15) is 45.2 Å². The predicted octanol–water partition coefficient (Wildman–Crippen LogP) is 2.56. The highest BCUT2D eigenvalue weighted by Gasteiger charge is 2.25. The largest absolute Gasteiger partial charge is 0.365 e. The van der Waals surface area contributed by atoms with Crippen LogP contribution < -0.4 is 5.32 Å². The van der Waals surface area contributed by atoms with Gasteiger partial charge in [-0.1, -0.05) is 0 Å². The van der Waals surface area contributed by atoms with Gasteiger partial charge in [-0.05, 0) is 33.6 Å². The molecule has 0 aliphatic heterocycles. The number of anilines is 1. The first-order chi connectivity index (χ1) is 6.54. The van der Waals surface area contributed by atoms with Crippen LogP contribution in [0.2, 0.25) is 0 Å². The Morgan fingerprint density at radius 3 is 2.57 bits per heavy atom. The van der Waals surface area contributed by atoms with E-state index in [0.29, 0.717) is 5.92 Å². The third-order valence-corrected chi connectivity index (χ3v) is 2.19. The van der Waals surface area contributed by atoms with Gasteiger partial charge in [0.05, 0.1) is 0 Å². The maximum atomic E-state index is 4.28. The first-order valence-corrected chi connectivity index (χ1v) is 5.15. The van der Waals surface area contributed by atoms with Crippen molar-refractivity contribution in [3.8, 4) is 0 Å². The van der Waals surface area contributed by atoms with Gasteiger partial charge in [-0.3, -0.25) is 0 Å². The van der Waals surface area contributed by atoms with E-state index in [1.54, 1.807) is 6.33 Å². The van der Waals surface area contributed by atoms with E-state index in [9.17, 15) is 0 Å². The summed E-state index contributed by atoms with van der Waals surface area (Å²) < 4.78 is 0. The number of aromatic nitrogens is 2. The summed E-state index contributed by atoms with van der Waals surface area (Å²) in [5, 5.41) is 3.35. The van der Waals surface area contributed by atoms with Crippen LogP contribution in [0.5, 0.6) is 0 Å². The SMILES string of the molecule is CC(C)(C)Nc1cc(C2CC2)ncn1. The van der Waals surface area contributed by atoms with Gasteiger partial charge in [0.1, 0.15) is 12.1 Å². The molecule has 0 amide bonds. The molecule has 1 N–H and O–H groups in total. The van der Waals surface area contributed by atoms with Crippen LogP contribution in [0.25, 0.3) is 0 Å². The van der Waals surface area contributed by atoms with E-state index in [1.807, 2.05) is 0 Å². The Hall–Kier alpha value is -1.12. The molecule has 0 spiro atoms. The zero-order chi connectivity index (χ0) is 10.2. The van der Waals surface area contributed by atoms with Crippen LogP contribution in [-0.2, 0) is 0 Å². The summed E-state index contributed by atoms with van der Waals surface area (Å²) >= 11 is 0. The van der Waals surface area contributed by atoms with Gasteiger partial charge < -0.3 is 5.32 Å². The van der Waals surface area contributed by atoms with Gasteiger partial charge in [0, 0.05) is 23.2 Å². The molecule has 1 aliphatic rings. The molecule has 0 unspecified atom stereocenters. The molecule has 0 radical (unpaired) electrons. The van der Waals surface area contributed by atoms with Gasteiger partial charge in [-0.15, -0.1) is 0 Å². The van der Waals surface area contributed by atoms with Crippen LogP contribution in [0.4, 0.5) is 5.82 Å². The minimum absolute atomic E-state index is 0.0647. The highest BCUT2D eigenvalue weighted by molar-refractivity contribution is 5.38. The van der Waals surface area contributed by atoms with Crippen molar-refractivity contribution >= 4 is 5.82 Å². The van der Waals surface area contributed by atoms with E-state index in [0.717, 1.165) is 5.82 Å². The molecule has 1 heterocycles. The Morgan fingerprint density at radius 1 is 1.29 bits per heavy atom. The monoisotopic (exact) mass is 191 g/mol. The number of hydrogen-bond donors (Lipinski definition) is 1. The quantitative estimate of drug-likeness (QED) is 0.780. The van der Waals surface area contributed by atoms with E-state index >= 15 is 0 Å². The van der Waals surface area contributed by atoms with Gasteiger partial charge in [-0.2, -0.15) is 0 Å². The first kappa shape index (κ1) is 9.44. The minimum Gasteiger partial charge on any atom is -0.365 e. The van der Waals surface area contributed by atoms with Gasteiger partial charge in [0.2, 0.25) is 0 Å². The van der Waals surface area contributed by atoms with E-state index < -0.39 is 0 Å². The molecule has 1 fully saturated rings. The van der Waals surface area contributed by atoms with E-state index in [-0.39, 0.29) is 5.54 Å². The van der Waals surface area contributed by atoms with Crippen molar-refractivity contribution in [2.75, 3.05) is 5.32 Å². The summed E-state index contributed by atoms with van der Waals surface area (Å²) in [6, 6.07) is 2.07. The molecular formula is C11H17N3. The molecule has 1 aromatic rings. The van der Waals surface area contributed by atoms with Crippen LogP contribution in [0.3, 0.4) is 0 Å². The van der Waals surface area contributed by atoms with Gasteiger partial charge in [0.25, 0.3) is 0 Å². The van der Waals surface area contributed by atoms with Crippen LogP contribution in [0.15, 0.2) is 12.4 Å². The molecule has 0 aromatic carbocycles. The molecule has 2 rings (SSSR count). The lowest BCUT2D eigenvalue weighted by Crippen LogP contribution is -2.26. The van der Waals surface area contributed by atoms with E-state index in [4.69, 9.17) is 0 Å². The molecule has 0 saturated heterocycles. The lowest BCUT2D eigenvalue weighted by molar-refractivity contribution is 0.629. The number of hydrogen-bond acceptors (Lipinski definition) is 3. The summed E-state index contributed by atoms with van der Waals surface area (Å²) in [6.45, 7) is 6.39. The Kier molecular flexibility index (Phi) is 2.17. The van der Waals surface area contributed by atoms with Crippen molar-refractivity contribution in [3.05, 3.63) is 18.1 Å². The van der Waals surface area contributed by atoms with Crippen molar-refractivity contribution in [2.45, 2.75) is 45.1 Å². The first-order valence-electron chi connectivity index (χ1n) is 5.15. The maximum absolute atomic E-state index is 4.28. The van der Waals surface area contributed by atoms with E-state index in [1.165, 1.54) is 18.5 Å². The highest BCUT2D eigenvalue weighted by atomic mass is 15.1. The predicted molar refractivity (Wildman–Crippen MR) is 57.4 cm³/mol. The molecule has 1 saturated carbocycles. The average molecular weight is 191 g/mol. The van der Waals surface area contributed by atoms with Gasteiger partial charge >= 0.3 is 0 Å². The second kappa shape index (κ2) is 3.23. The fraction of sp³-hybridized carbons (Fsp3) is 0.636. The van der Waals surface area contributed by atoms with Gasteiger partial charge in [0.15, 0.2) is 0 Å². The summed E-state index contributed by atoms with van der Waals surface area (Å²) in [4.78, 5) is 8.49. The van der Waals surface area contributed by atoms with Crippen molar-refractivity contribution in [3.63, 3.8) is 0 Å². The number of rotatable bonds is 2. The fourth-order valence-electron chi connectivity index (χ4n) is 1.43. The smallest absolute Gasteiger partial charge is 0.130 e. The zero-order valence-corrected chi connectivity index (χ0v) is 9.04. The lowest BCUT2D eigenvalue weighted by Gasteiger charge is -2.21. The minimum atomic E-state index is 0.0647. The molecule has 1 aliphatic carbocycles. The molecule has 1 aromatic heterocycles. The summed E-state index contributed by atoms with van der Waals surface area (Å²) in [5.41, 5.74) is 1.25. The Bertz CT molecular complexity index is 324. The third-order valence-electron chi connectivity index (χ3n) is 2.19. The molecule has 3 nitrogen and oxygen atoms in total. The number of nitrogens with zero attached hydrogens (tertiary/aromatic N) is 2. The molecule has 14 heavy (non-hydrogen) atoms. The highest BCUT2D eigenvalue weighted by Crippen LogP contribution is 2.39. The third kappa shape index (κ3) is 2.44. The Labute approximate surface area is 85.0 Å².